The van der Waals surface area contributed by atoms with E-state index in [9.17, 15) is 9.90 Å². The first-order valence-corrected chi connectivity index (χ1v) is 6.95. The van der Waals surface area contributed by atoms with Gasteiger partial charge in [0.1, 0.15) is 5.54 Å². The number of aliphatic carboxylic acids is 1. The molecule has 0 radical (unpaired) electrons. The highest BCUT2D eigenvalue weighted by Crippen LogP contribution is 2.27. The van der Waals surface area contributed by atoms with E-state index >= 15 is 0 Å². The van der Waals surface area contributed by atoms with Crippen LogP contribution in [0.3, 0.4) is 0 Å². The third-order valence-corrected chi connectivity index (χ3v) is 4.03. The van der Waals surface area contributed by atoms with Crippen LogP contribution in [-0.4, -0.2) is 35.9 Å². The van der Waals surface area contributed by atoms with Crippen LogP contribution in [0.4, 0.5) is 0 Å². The summed E-state index contributed by atoms with van der Waals surface area (Å²) in [7, 11) is 1.68. The minimum atomic E-state index is -0.903. The summed E-state index contributed by atoms with van der Waals surface area (Å²) < 4.78 is 6.01. The van der Waals surface area contributed by atoms with Crippen molar-refractivity contribution in [3.05, 3.63) is 0 Å². The van der Waals surface area contributed by atoms with E-state index in [1.807, 2.05) is 6.92 Å². The van der Waals surface area contributed by atoms with Crippen LogP contribution in [0.5, 0.6) is 0 Å². The van der Waals surface area contributed by atoms with Crippen molar-refractivity contribution in [3.8, 4) is 0 Å². The van der Waals surface area contributed by atoms with Crippen LogP contribution in [0.2, 0.25) is 0 Å². The fourth-order valence-electron chi connectivity index (χ4n) is 2.75. The van der Waals surface area contributed by atoms with E-state index < -0.39 is 11.5 Å². The molecule has 1 aliphatic carbocycles. The molecule has 4 atom stereocenters. The Morgan fingerprint density at radius 2 is 2.22 bits per heavy atom. The van der Waals surface area contributed by atoms with E-state index in [4.69, 9.17) is 4.74 Å². The number of carboxylic acids is 1. The second kappa shape index (κ2) is 6.53. The van der Waals surface area contributed by atoms with E-state index in [2.05, 4.69) is 12.2 Å². The summed E-state index contributed by atoms with van der Waals surface area (Å²) >= 11 is 0. The molecule has 0 aromatic rings. The Hall–Kier alpha value is -0.610. The van der Waals surface area contributed by atoms with Crippen molar-refractivity contribution in [3.63, 3.8) is 0 Å². The maximum Gasteiger partial charge on any atom is 0.323 e. The molecule has 2 N–H and O–H groups in total. The van der Waals surface area contributed by atoms with Crippen LogP contribution in [0, 0.1) is 5.92 Å². The van der Waals surface area contributed by atoms with Crippen molar-refractivity contribution >= 4 is 5.97 Å². The van der Waals surface area contributed by atoms with Crippen LogP contribution in [0.15, 0.2) is 0 Å². The fraction of sp³-hybridized carbons (Fsp3) is 0.929. The first kappa shape index (κ1) is 15.4. The number of likely N-dealkylation sites (N-methyl/N-ethyl adjacent to an activating group) is 1. The third-order valence-electron chi connectivity index (χ3n) is 4.03. The van der Waals surface area contributed by atoms with Crippen molar-refractivity contribution < 1.29 is 14.6 Å². The Morgan fingerprint density at radius 3 is 2.72 bits per heavy atom. The topological polar surface area (TPSA) is 58.6 Å². The van der Waals surface area contributed by atoms with Gasteiger partial charge >= 0.3 is 5.97 Å². The first-order valence-electron chi connectivity index (χ1n) is 6.95. The molecule has 1 rings (SSSR count). The zero-order chi connectivity index (χ0) is 13.8. The molecule has 4 unspecified atom stereocenters. The Kier molecular flexibility index (Phi) is 5.60. The first-order chi connectivity index (χ1) is 8.37. The summed E-state index contributed by atoms with van der Waals surface area (Å²) in [5.41, 5.74) is -0.903. The molecule has 4 heteroatoms. The third kappa shape index (κ3) is 4.25. The number of hydrogen-bond acceptors (Lipinski definition) is 3. The molecule has 1 aliphatic rings. The van der Waals surface area contributed by atoms with Crippen molar-refractivity contribution in [2.75, 3.05) is 7.05 Å². The lowest BCUT2D eigenvalue weighted by atomic mass is 9.88. The molecule has 106 valence electrons. The largest absolute Gasteiger partial charge is 0.480 e. The predicted octanol–water partition coefficient (Wildman–Crippen LogP) is 2.42. The van der Waals surface area contributed by atoms with Gasteiger partial charge in [0, 0.05) is 6.42 Å². The van der Waals surface area contributed by atoms with E-state index in [0.29, 0.717) is 12.5 Å². The molecular formula is C14H27NO3. The molecule has 0 bridgehead atoms. The van der Waals surface area contributed by atoms with E-state index in [-0.39, 0.29) is 6.10 Å². The zero-order valence-electron chi connectivity index (χ0n) is 12.0. The highest BCUT2D eigenvalue weighted by Gasteiger charge is 2.34. The molecule has 0 amide bonds. The number of rotatable bonds is 6. The summed E-state index contributed by atoms with van der Waals surface area (Å²) in [6.07, 6.45) is 5.49. The second-order valence-electron chi connectivity index (χ2n) is 5.93. The SMILES string of the molecule is CNC(C)(CC(C)OC1CCCC(C)C1)C(=O)O. The van der Waals surface area contributed by atoms with Gasteiger partial charge in [0.2, 0.25) is 0 Å². The van der Waals surface area contributed by atoms with Crippen LogP contribution in [0.25, 0.3) is 0 Å². The standard InChI is InChI=1S/C14H27NO3/c1-10-6-5-7-12(8-10)18-11(2)9-14(3,15-4)13(16)17/h10-12,15H,5-9H2,1-4H3,(H,16,17). The molecule has 1 fully saturated rings. The molecular weight excluding hydrogens is 230 g/mol. The Morgan fingerprint density at radius 1 is 1.56 bits per heavy atom. The Balaban J connectivity index is 2.45. The fourth-order valence-corrected chi connectivity index (χ4v) is 2.75. The van der Waals surface area contributed by atoms with Gasteiger partial charge in [0.25, 0.3) is 0 Å². The van der Waals surface area contributed by atoms with E-state index in [1.54, 1.807) is 14.0 Å². The van der Waals surface area contributed by atoms with E-state index in [0.717, 1.165) is 18.8 Å². The van der Waals surface area contributed by atoms with Gasteiger partial charge in [-0.15, -0.1) is 0 Å². The number of ether oxygens (including phenoxy) is 1. The Bertz CT molecular complexity index is 282. The van der Waals surface area contributed by atoms with Gasteiger partial charge < -0.3 is 15.2 Å². The lowest BCUT2D eigenvalue weighted by Crippen LogP contribution is -2.50. The molecule has 4 nitrogen and oxygen atoms in total. The number of carbonyl (C=O) groups is 1. The van der Waals surface area contributed by atoms with Gasteiger partial charge in [-0.2, -0.15) is 0 Å². The summed E-state index contributed by atoms with van der Waals surface area (Å²) in [6.45, 7) is 5.94. The van der Waals surface area contributed by atoms with Crippen molar-refractivity contribution in [2.45, 2.75) is 70.6 Å². The highest BCUT2D eigenvalue weighted by atomic mass is 16.5. The summed E-state index contributed by atoms with van der Waals surface area (Å²) in [4.78, 5) is 11.2. The van der Waals surface area contributed by atoms with Crippen molar-refractivity contribution in [2.24, 2.45) is 5.92 Å². The number of nitrogens with one attached hydrogen (secondary N) is 1. The second-order valence-corrected chi connectivity index (χ2v) is 5.93. The van der Waals surface area contributed by atoms with Crippen molar-refractivity contribution in [1.82, 2.24) is 5.32 Å². The normalized spacial score (nSPS) is 29.6. The molecule has 1 saturated carbocycles. The van der Waals surface area contributed by atoms with Crippen LogP contribution in [0.1, 0.15) is 52.9 Å². The molecule has 0 aromatic carbocycles. The quantitative estimate of drug-likeness (QED) is 0.767. The van der Waals surface area contributed by atoms with Gasteiger partial charge in [-0.05, 0) is 39.7 Å². The van der Waals surface area contributed by atoms with E-state index in [1.165, 1.54) is 12.8 Å². The predicted molar refractivity (Wildman–Crippen MR) is 71.7 cm³/mol. The van der Waals surface area contributed by atoms with Crippen molar-refractivity contribution in [1.29, 1.82) is 0 Å². The van der Waals surface area contributed by atoms with Gasteiger partial charge in [0.05, 0.1) is 12.2 Å². The molecule has 0 heterocycles. The number of carboxylic acid groups (broad SMARTS) is 1. The maximum atomic E-state index is 11.2. The monoisotopic (exact) mass is 257 g/mol. The number of hydrogen-bond donors (Lipinski definition) is 2. The molecule has 0 spiro atoms. The average Bonchev–Trinajstić information content (AvgIpc) is 2.28. The van der Waals surface area contributed by atoms with Gasteiger partial charge in [-0.3, -0.25) is 4.79 Å². The Labute approximate surface area is 110 Å². The highest BCUT2D eigenvalue weighted by molar-refractivity contribution is 5.78. The smallest absolute Gasteiger partial charge is 0.323 e. The average molecular weight is 257 g/mol. The summed E-state index contributed by atoms with van der Waals surface area (Å²) in [5, 5.41) is 12.1. The van der Waals surface area contributed by atoms with Crippen LogP contribution < -0.4 is 5.32 Å². The minimum Gasteiger partial charge on any atom is -0.480 e. The molecule has 0 saturated heterocycles. The van der Waals surface area contributed by atoms with Crippen LogP contribution in [-0.2, 0) is 9.53 Å². The maximum absolute atomic E-state index is 11.2. The summed E-state index contributed by atoms with van der Waals surface area (Å²) in [5.74, 6) is -0.0939. The minimum absolute atomic E-state index is 0.0335. The lowest BCUT2D eigenvalue weighted by molar-refractivity contribution is -0.146. The summed E-state index contributed by atoms with van der Waals surface area (Å²) in [6, 6.07) is 0. The molecule has 0 aromatic heterocycles. The van der Waals surface area contributed by atoms with Gasteiger partial charge in [0.15, 0.2) is 0 Å². The zero-order valence-corrected chi connectivity index (χ0v) is 12.0. The van der Waals surface area contributed by atoms with Crippen LogP contribution >= 0.6 is 0 Å². The lowest BCUT2D eigenvalue weighted by Gasteiger charge is -2.32. The van der Waals surface area contributed by atoms with Gasteiger partial charge in [-0.1, -0.05) is 19.8 Å². The van der Waals surface area contributed by atoms with Gasteiger partial charge in [-0.25, -0.2) is 0 Å². The molecule has 0 aliphatic heterocycles. The molecule has 18 heavy (non-hydrogen) atoms.